The van der Waals surface area contributed by atoms with E-state index in [-0.39, 0.29) is 23.8 Å². The first-order valence-electron chi connectivity index (χ1n) is 8.55. The van der Waals surface area contributed by atoms with E-state index in [0.717, 1.165) is 22.6 Å². The molecule has 2 amide bonds. The molecule has 0 spiro atoms. The number of anilines is 1. The molecule has 5 heteroatoms. The SMILES string of the molecule is COc1cccc(/C=C/C(=O)N2c3ccccc3C(C(N)=O)CC2C)c1. The predicted octanol–water partition coefficient (Wildman–Crippen LogP) is 3.10. The highest BCUT2D eigenvalue weighted by Gasteiger charge is 2.35. The third-order valence-electron chi connectivity index (χ3n) is 4.68. The zero-order valence-corrected chi connectivity index (χ0v) is 14.9. The number of rotatable bonds is 4. The van der Waals surface area contributed by atoms with Gasteiger partial charge in [0.1, 0.15) is 5.75 Å². The zero-order chi connectivity index (χ0) is 18.7. The van der Waals surface area contributed by atoms with Gasteiger partial charge in [0.15, 0.2) is 0 Å². The van der Waals surface area contributed by atoms with E-state index in [1.807, 2.05) is 55.5 Å². The Hall–Kier alpha value is -3.08. The van der Waals surface area contributed by atoms with Crippen molar-refractivity contribution < 1.29 is 14.3 Å². The second-order valence-electron chi connectivity index (χ2n) is 6.42. The van der Waals surface area contributed by atoms with Crippen molar-refractivity contribution in [2.75, 3.05) is 12.0 Å². The lowest BCUT2D eigenvalue weighted by atomic mass is 9.85. The minimum absolute atomic E-state index is 0.121. The van der Waals surface area contributed by atoms with Gasteiger partial charge in [0.2, 0.25) is 5.91 Å². The Balaban J connectivity index is 1.89. The molecular formula is C21H22N2O3. The van der Waals surface area contributed by atoms with Crippen LogP contribution in [0.15, 0.2) is 54.6 Å². The Labute approximate surface area is 153 Å². The molecule has 0 saturated heterocycles. The van der Waals surface area contributed by atoms with Crippen molar-refractivity contribution in [3.05, 3.63) is 65.7 Å². The summed E-state index contributed by atoms with van der Waals surface area (Å²) in [6.45, 7) is 1.93. The summed E-state index contributed by atoms with van der Waals surface area (Å²) in [7, 11) is 1.61. The van der Waals surface area contributed by atoms with Gasteiger partial charge in [0.05, 0.1) is 13.0 Å². The number of primary amides is 1. The van der Waals surface area contributed by atoms with E-state index in [1.54, 1.807) is 24.2 Å². The average molecular weight is 350 g/mol. The lowest BCUT2D eigenvalue weighted by Crippen LogP contribution is -2.44. The topological polar surface area (TPSA) is 72.6 Å². The third kappa shape index (κ3) is 3.47. The molecule has 0 radical (unpaired) electrons. The van der Waals surface area contributed by atoms with Crippen LogP contribution >= 0.6 is 0 Å². The summed E-state index contributed by atoms with van der Waals surface area (Å²) >= 11 is 0. The van der Waals surface area contributed by atoms with Gasteiger partial charge in [-0.25, -0.2) is 0 Å². The van der Waals surface area contributed by atoms with Crippen LogP contribution in [0.4, 0.5) is 5.69 Å². The molecule has 2 unspecified atom stereocenters. The normalized spacial score (nSPS) is 19.2. The minimum atomic E-state index is -0.368. The first-order valence-corrected chi connectivity index (χ1v) is 8.55. The first kappa shape index (κ1) is 17.7. The summed E-state index contributed by atoms with van der Waals surface area (Å²) in [5.41, 5.74) is 7.99. The number of methoxy groups -OCH3 is 1. The maximum absolute atomic E-state index is 12.9. The Morgan fingerprint density at radius 3 is 2.69 bits per heavy atom. The number of hydrogen-bond donors (Lipinski definition) is 1. The molecule has 0 fully saturated rings. The van der Waals surface area contributed by atoms with E-state index < -0.39 is 0 Å². The number of carbonyl (C=O) groups is 2. The van der Waals surface area contributed by atoms with Crippen molar-refractivity contribution in [3.8, 4) is 5.75 Å². The average Bonchev–Trinajstić information content (AvgIpc) is 2.65. The van der Waals surface area contributed by atoms with Gasteiger partial charge < -0.3 is 15.4 Å². The smallest absolute Gasteiger partial charge is 0.251 e. The van der Waals surface area contributed by atoms with E-state index in [0.29, 0.717) is 6.42 Å². The minimum Gasteiger partial charge on any atom is -0.497 e. The van der Waals surface area contributed by atoms with Gasteiger partial charge in [-0.05, 0) is 48.7 Å². The molecule has 2 atom stereocenters. The summed E-state index contributed by atoms with van der Waals surface area (Å²) in [5.74, 6) is -0.118. The highest BCUT2D eigenvalue weighted by atomic mass is 16.5. The number of amides is 2. The highest BCUT2D eigenvalue weighted by molar-refractivity contribution is 6.06. The Kier molecular flexibility index (Phi) is 5.07. The molecule has 0 aliphatic carbocycles. The molecule has 1 aliphatic rings. The molecule has 0 saturated carbocycles. The van der Waals surface area contributed by atoms with Crippen molar-refractivity contribution in [2.45, 2.75) is 25.3 Å². The summed E-state index contributed by atoms with van der Waals surface area (Å²) in [5, 5.41) is 0. The van der Waals surface area contributed by atoms with Gasteiger partial charge in [-0.2, -0.15) is 0 Å². The lowest BCUT2D eigenvalue weighted by molar-refractivity contribution is -0.120. The van der Waals surface area contributed by atoms with Crippen LogP contribution in [0.3, 0.4) is 0 Å². The molecule has 5 nitrogen and oxygen atoms in total. The van der Waals surface area contributed by atoms with Crippen LogP contribution in [-0.2, 0) is 9.59 Å². The fraction of sp³-hybridized carbons (Fsp3) is 0.238. The molecule has 0 aromatic heterocycles. The molecule has 3 rings (SSSR count). The first-order chi connectivity index (χ1) is 12.5. The Morgan fingerprint density at radius 1 is 1.19 bits per heavy atom. The number of fused-ring (bicyclic) bond motifs is 1. The maximum atomic E-state index is 12.9. The number of carbonyl (C=O) groups excluding carboxylic acids is 2. The molecule has 2 N–H and O–H groups in total. The summed E-state index contributed by atoms with van der Waals surface area (Å²) < 4.78 is 5.20. The number of para-hydroxylation sites is 1. The summed E-state index contributed by atoms with van der Waals surface area (Å²) in [6.07, 6.45) is 3.83. The fourth-order valence-corrected chi connectivity index (χ4v) is 3.41. The molecule has 1 heterocycles. The monoisotopic (exact) mass is 350 g/mol. The van der Waals surface area contributed by atoms with E-state index in [9.17, 15) is 9.59 Å². The number of nitrogens with zero attached hydrogens (tertiary/aromatic N) is 1. The standard InChI is InChI=1S/C21H22N2O3/c1-14-12-18(21(22)25)17-8-3-4-9-19(17)23(14)20(24)11-10-15-6-5-7-16(13-15)26-2/h3-11,13-14,18H,12H2,1-2H3,(H2,22,25)/b11-10+. The molecule has 2 aromatic rings. The molecule has 2 aromatic carbocycles. The highest BCUT2D eigenvalue weighted by Crippen LogP contribution is 2.38. The summed E-state index contributed by atoms with van der Waals surface area (Å²) in [6, 6.07) is 14.8. The predicted molar refractivity (Wildman–Crippen MR) is 102 cm³/mol. The van der Waals surface area contributed by atoms with Crippen LogP contribution < -0.4 is 15.4 Å². The number of benzene rings is 2. The third-order valence-corrected chi connectivity index (χ3v) is 4.68. The van der Waals surface area contributed by atoms with Gasteiger partial charge in [0, 0.05) is 17.8 Å². The summed E-state index contributed by atoms with van der Waals surface area (Å²) in [4.78, 5) is 26.4. The Morgan fingerprint density at radius 2 is 1.96 bits per heavy atom. The Bertz CT molecular complexity index is 860. The quantitative estimate of drug-likeness (QED) is 0.861. The molecule has 26 heavy (non-hydrogen) atoms. The van der Waals surface area contributed by atoms with Crippen LogP contribution in [0.5, 0.6) is 5.75 Å². The van der Waals surface area contributed by atoms with E-state index >= 15 is 0 Å². The number of nitrogens with two attached hydrogens (primary N) is 1. The molecule has 1 aliphatic heterocycles. The van der Waals surface area contributed by atoms with E-state index in [2.05, 4.69) is 0 Å². The molecule has 134 valence electrons. The second kappa shape index (κ2) is 7.44. The van der Waals surface area contributed by atoms with Crippen LogP contribution in [0.25, 0.3) is 6.08 Å². The van der Waals surface area contributed by atoms with Gasteiger partial charge in [-0.15, -0.1) is 0 Å². The van der Waals surface area contributed by atoms with Crippen LogP contribution in [0, 0.1) is 0 Å². The van der Waals surface area contributed by atoms with E-state index in [1.165, 1.54) is 0 Å². The number of hydrogen-bond acceptors (Lipinski definition) is 3. The maximum Gasteiger partial charge on any atom is 0.251 e. The van der Waals surface area contributed by atoms with Crippen LogP contribution in [-0.4, -0.2) is 25.0 Å². The van der Waals surface area contributed by atoms with E-state index in [4.69, 9.17) is 10.5 Å². The fourth-order valence-electron chi connectivity index (χ4n) is 3.41. The van der Waals surface area contributed by atoms with Gasteiger partial charge in [-0.3, -0.25) is 9.59 Å². The van der Waals surface area contributed by atoms with Crippen LogP contribution in [0.1, 0.15) is 30.4 Å². The number of ether oxygens (including phenoxy) is 1. The molecular weight excluding hydrogens is 328 g/mol. The van der Waals surface area contributed by atoms with Crippen molar-refractivity contribution in [1.29, 1.82) is 0 Å². The van der Waals surface area contributed by atoms with Crippen LogP contribution in [0.2, 0.25) is 0 Å². The van der Waals surface area contributed by atoms with Crippen molar-refractivity contribution in [1.82, 2.24) is 0 Å². The van der Waals surface area contributed by atoms with Gasteiger partial charge in [-0.1, -0.05) is 30.3 Å². The molecule has 0 bridgehead atoms. The lowest BCUT2D eigenvalue weighted by Gasteiger charge is -2.37. The zero-order valence-electron chi connectivity index (χ0n) is 14.9. The van der Waals surface area contributed by atoms with Crippen molar-refractivity contribution >= 4 is 23.6 Å². The second-order valence-corrected chi connectivity index (χ2v) is 6.42. The van der Waals surface area contributed by atoms with Crippen molar-refractivity contribution in [2.24, 2.45) is 5.73 Å². The van der Waals surface area contributed by atoms with Crippen molar-refractivity contribution in [3.63, 3.8) is 0 Å². The van der Waals surface area contributed by atoms with Gasteiger partial charge in [0.25, 0.3) is 5.91 Å². The largest absolute Gasteiger partial charge is 0.497 e. The van der Waals surface area contributed by atoms with Gasteiger partial charge >= 0.3 is 0 Å².